The summed E-state index contributed by atoms with van der Waals surface area (Å²) >= 11 is 0. The quantitative estimate of drug-likeness (QED) is 0.306. The molecule has 0 radical (unpaired) electrons. The van der Waals surface area contributed by atoms with Crippen LogP contribution in [0.5, 0.6) is 5.75 Å². The lowest BCUT2D eigenvalue weighted by Gasteiger charge is -2.16. The zero-order chi connectivity index (χ0) is 25.4. The highest BCUT2D eigenvalue weighted by Gasteiger charge is 2.21. The molecule has 188 valence electrons. The van der Waals surface area contributed by atoms with Crippen molar-refractivity contribution in [2.75, 3.05) is 7.11 Å². The number of methoxy groups -OCH3 is 1. The SMILES string of the molecule is COc1cc(-n2cccn2)ccc1-c1c(C)nn2c(-c3ccccc3CNC3CCCC3)cc(C)nc12. The van der Waals surface area contributed by atoms with E-state index in [1.807, 2.05) is 41.4 Å². The minimum Gasteiger partial charge on any atom is -0.496 e. The number of nitrogens with zero attached hydrogens (tertiary/aromatic N) is 5. The minimum atomic E-state index is 0.614. The molecule has 0 amide bonds. The number of hydrogen-bond donors (Lipinski definition) is 1. The van der Waals surface area contributed by atoms with Crippen molar-refractivity contribution in [3.05, 3.63) is 83.9 Å². The first-order valence-corrected chi connectivity index (χ1v) is 13.0. The summed E-state index contributed by atoms with van der Waals surface area (Å²) in [7, 11) is 1.70. The molecule has 1 aliphatic rings. The van der Waals surface area contributed by atoms with E-state index in [-0.39, 0.29) is 0 Å². The van der Waals surface area contributed by atoms with Gasteiger partial charge >= 0.3 is 0 Å². The Labute approximate surface area is 217 Å². The van der Waals surface area contributed by atoms with Crippen LogP contribution < -0.4 is 10.1 Å². The Bertz CT molecular complexity index is 1550. The van der Waals surface area contributed by atoms with Gasteiger partial charge in [0.25, 0.3) is 0 Å². The van der Waals surface area contributed by atoms with Gasteiger partial charge in [0.05, 0.1) is 29.7 Å². The van der Waals surface area contributed by atoms with Gasteiger partial charge in [-0.1, -0.05) is 37.1 Å². The standard InChI is InChI=1S/C30H32N6O/c1-20-17-27(25-12-7-4-9-22(25)19-31-23-10-5-6-11-23)36-30(33-20)29(21(2)34-36)26-14-13-24(18-28(26)37-3)35-16-8-15-32-35/h4,7-9,12-18,23,31H,5-6,10-11,19H2,1-3H3. The topological polar surface area (TPSA) is 69.3 Å². The Morgan fingerprint density at radius 2 is 1.84 bits per heavy atom. The second-order valence-electron chi connectivity index (χ2n) is 9.83. The summed E-state index contributed by atoms with van der Waals surface area (Å²) < 4.78 is 9.66. The third-order valence-corrected chi connectivity index (χ3v) is 7.35. The number of rotatable bonds is 7. The average Bonchev–Trinajstić information content (AvgIpc) is 3.69. The van der Waals surface area contributed by atoms with Crippen LogP contribution in [0.1, 0.15) is 42.6 Å². The van der Waals surface area contributed by atoms with E-state index < -0.39 is 0 Å². The molecule has 6 rings (SSSR count). The summed E-state index contributed by atoms with van der Waals surface area (Å²) in [5, 5.41) is 13.1. The van der Waals surface area contributed by atoms with Crippen LogP contribution in [0.2, 0.25) is 0 Å². The number of fused-ring (bicyclic) bond motifs is 1. The molecule has 3 aromatic heterocycles. The summed E-state index contributed by atoms with van der Waals surface area (Å²) in [6.45, 7) is 4.93. The fourth-order valence-corrected chi connectivity index (χ4v) is 5.51. The fraction of sp³-hybridized carbons (Fsp3) is 0.300. The van der Waals surface area contributed by atoms with Crippen molar-refractivity contribution in [3.8, 4) is 33.8 Å². The lowest BCUT2D eigenvalue weighted by atomic mass is 10.0. The summed E-state index contributed by atoms with van der Waals surface area (Å²) in [5.74, 6) is 0.761. The molecule has 0 spiro atoms. The van der Waals surface area contributed by atoms with Gasteiger partial charge in [0.15, 0.2) is 5.65 Å². The van der Waals surface area contributed by atoms with Crippen LogP contribution in [-0.4, -0.2) is 37.5 Å². The largest absolute Gasteiger partial charge is 0.496 e. The predicted octanol–water partition coefficient (Wildman–Crippen LogP) is 5.91. The number of nitrogens with one attached hydrogen (secondary N) is 1. The van der Waals surface area contributed by atoms with Crippen molar-refractivity contribution in [1.82, 2.24) is 29.7 Å². The number of ether oxygens (including phenoxy) is 1. The van der Waals surface area contributed by atoms with Gasteiger partial charge in [-0.05, 0) is 56.5 Å². The highest BCUT2D eigenvalue weighted by molar-refractivity contribution is 5.85. The van der Waals surface area contributed by atoms with Crippen molar-refractivity contribution in [2.45, 2.75) is 52.1 Å². The van der Waals surface area contributed by atoms with Crippen LogP contribution in [0.3, 0.4) is 0 Å². The molecule has 0 aliphatic heterocycles. The zero-order valence-corrected chi connectivity index (χ0v) is 21.6. The second-order valence-corrected chi connectivity index (χ2v) is 9.83. The number of aromatic nitrogens is 5. The molecule has 3 heterocycles. The molecule has 0 unspecified atom stereocenters. The highest BCUT2D eigenvalue weighted by Crippen LogP contribution is 2.38. The van der Waals surface area contributed by atoms with Gasteiger partial charge in [0.2, 0.25) is 0 Å². The molecule has 1 fully saturated rings. The molecule has 0 saturated heterocycles. The normalized spacial score (nSPS) is 14.0. The maximum atomic E-state index is 5.84. The van der Waals surface area contributed by atoms with Crippen molar-refractivity contribution in [2.24, 2.45) is 0 Å². The highest BCUT2D eigenvalue weighted by atomic mass is 16.5. The van der Waals surface area contributed by atoms with E-state index in [4.69, 9.17) is 14.8 Å². The Morgan fingerprint density at radius 1 is 1.00 bits per heavy atom. The molecule has 7 heteroatoms. The van der Waals surface area contributed by atoms with Gasteiger partial charge in [-0.2, -0.15) is 10.2 Å². The zero-order valence-electron chi connectivity index (χ0n) is 21.6. The molecule has 5 aromatic rings. The number of benzene rings is 2. The lowest BCUT2D eigenvalue weighted by Crippen LogP contribution is -2.25. The average molecular weight is 493 g/mol. The Kier molecular flexibility index (Phi) is 6.22. The third-order valence-electron chi connectivity index (χ3n) is 7.35. The van der Waals surface area contributed by atoms with Crippen molar-refractivity contribution in [3.63, 3.8) is 0 Å². The van der Waals surface area contributed by atoms with Gasteiger partial charge in [0, 0.05) is 47.9 Å². The van der Waals surface area contributed by atoms with Gasteiger partial charge in [-0.25, -0.2) is 14.2 Å². The van der Waals surface area contributed by atoms with Crippen LogP contribution in [-0.2, 0) is 6.54 Å². The first kappa shape index (κ1) is 23.4. The van der Waals surface area contributed by atoms with E-state index in [1.165, 1.54) is 36.8 Å². The summed E-state index contributed by atoms with van der Waals surface area (Å²) in [6, 6.07) is 19.4. The summed E-state index contributed by atoms with van der Waals surface area (Å²) in [6.07, 6.45) is 8.87. The molecule has 1 aliphatic carbocycles. The molecule has 37 heavy (non-hydrogen) atoms. The monoisotopic (exact) mass is 492 g/mol. The summed E-state index contributed by atoms with van der Waals surface area (Å²) in [5.41, 5.74) is 9.08. The first-order chi connectivity index (χ1) is 18.1. The fourth-order valence-electron chi connectivity index (χ4n) is 5.51. The van der Waals surface area contributed by atoms with E-state index in [1.54, 1.807) is 13.3 Å². The molecule has 0 bridgehead atoms. The van der Waals surface area contributed by atoms with E-state index in [0.29, 0.717) is 6.04 Å². The Morgan fingerprint density at radius 3 is 2.62 bits per heavy atom. The van der Waals surface area contributed by atoms with Crippen molar-refractivity contribution >= 4 is 5.65 Å². The molecule has 1 saturated carbocycles. The maximum absolute atomic E-state index is 5.84. The van der Waals surface area contributed by atoms with E-state index in [9.17, 15) is 0 Å². The van der Waals surface area contributed by atoms with Crippen LogP contribution in [0.25, 0.3) is 33.7 Å². The van der Waals surface area contributed by atoms with Gasteiger partial charge in [-0.15, -0.1) is 0 Å². The van der Waals surface area contributed by atoms with Crippen molar-refractivity contribution in [1.29, 1.82) is 0 Å². The molecule has 0 atom stereocenters. The summed E-state index contributed by atoms with van der Waals surface area (Å²) in [4.78, 5) is 4.96. The first-order valence-electron chi connectivity index (χ1n) is 13.0. The van der Waals surface area contributed by atoms with Crippen LogP contribution in [0.4, 0.5) is 0 Å². The molecular formula is C30H32N6O. The van der Waals surface area contributed by atoms with Crippen LogP contribution >= 0.6 is 0 Å². The molecule has 2 aromatic carbocycles. The van der Waals surface area contributed by atoms with Gasteiger partial charge in [-0.3, -0.25) is 0 Å². The lowest BCUT2D eigenvalue weighted by molar-refractivity contribution is 0.416. The van der Waals surface area contributed by atoms with Crippen LogP contribution in [0, 0.1) is 13.8 Å². The number of aryl methyl sites for hydroxylation is 2. The van der Waals surface area contributed by atoms with Crippen LogP contribution in [0.15, 0.2) is 67.0 Å². The molecular weight excluding hydrogens is 460 g/mol. The van der Waals surface area contributed by atoms with Gasteiger partial charge in [0.1, 0.15) is 5.75 Å². The predicted molar refractivity (Wildman–Crippen MR) is 146 cm³/mol. The smallest absolute Gasteiger partial charge is 0.164 e. The van der Waals surface area contributed by atoms with E-state index in [2.05, 4.69) is 52.9 Å². The molecule has 1 N–H and O–H groups in total. The van der Waals surface area contributed by atoms with E-state index in [0.717, 1.165) is 51.8 Å². The van der Waals surface area contributed by atoms with Crippen molar-refractivity contribution < 1.29 is 4.74 Å². The number of hydrogen-bond acceptors (Lipinski definition) is 5. The van der Waals surface area contributed by atoms with Gasteiger partial charge < -0.3 is 10.1 Å². The third kappa shape index (κ3) is 4.40. The van der Waals surface area contributed by atoms with E-state index >= 15 is 0 Å². The second kappa shape index (κ2) is 9.82. The maximum Gasteiger partial charge on any atom is 0.164 e. The minimum absolute atomic E-state index is 0.614. The molecule has 7 nitrogen and oxygen atoms in total. The Balaban J connectivity index is 1.46. The Hall–Kier alpha value is -3.97.